The smallest absolute Gasteiger partial charge is 0.134 e. The number of nitriles is 1. The first-order valence-electron chi connectivity index (χ1n) is 9.44. The number of nitrogens with zero attached hydrogens (tertiary/aromatic N) is 1. The van der Waals surface area contributed by atoms with Gasteiger partial charge >= 0.3 is 0 Å². The second kappa shape index (κ2) is 8.82. The number of hydrogen-bond acceptors (Lipinski definition) is 6. The highest BCUT2D eigenvalue weighted by Gasteiger charge is 2.22. The Labute approximate surface area is 170 Å². The van der Waals surface area contributed by atoms with Gasteiger partial charge in [0.05, 0.1) is 36.2 Å². The molecule has 29 heavy (non-hydrogen) atoms. The number of benzene rings is 2. The molecule has 0 radical (unpaired) electrons. The number of aliphatic hydroxyl groups is 2. The topological polar surface area (TPSA) is 112 Å². The van der Waals surface area contributed by atoms with E-state index in [0.717, 1.165) is 29.0 Å². The van der Waals surface area contributed by atoms with Crippen LogP contribution in [0, 0.1) is 17.2 Å². The van der Waals surface area contributed by atoms with Gasteiger partial charge in [-0.1, -0.05) is 13.0 Å². The first-order valence-corrected chi connectivity index (χ1v) is 9.44. The van der Waals surface area contributed by atoms with Crippen molar-refractivity contribution >= 4 is 17.1 Å². The van der Waals surface area contributed by atoms with Crippen LogP contribution in [0.5, 0.6) is 5.75 Å². The molecule has 0 heterocycles. The number of nitrogens with one attached hydrogen (secondary N) is 1. The minimum Gasteiger partial charge on any atom is -0.461 e. The van der Waals surface area contributed by atoms with Crippen molar-refractivity contribution in [2.75, 3.05) is 17.7 Å². The van der Waals surface area contributed by atoms with E-state index in [4.69, 9.17) is 15.7 Å². The van der Waals surface area contributed by atoms with Crippen molar-refractivity contribution in [1.82, 2.24) is 0 Å². The van der Waals surface area contributed by atoms with Crippen molar-refractivity contribution in [1.29, 1.82) is 5.26 Å². The van der Waals surface area contributed by atoms with Crippen LogP contribution in [0.15, 0.2) is 59.4 Å². The van der Waals surface area contributed by atoms with E-state index in [1.165, 1.54) is 0 Å². The van der Waals surface area contributed by atoms with Gasteiger partial charge in [-0.25, -0.2) is 0 Å². The normalized spacial score (nSPS) is 16.2. The van der Waals surface area contributed by atoms with Crippen LogP contribution in [0.4, 0.5) is 17.1 Å². The number of aliphatic hydroxyl groups excluding tert-OH is 2. The van der Waals surface area contributed by atoms with Gasteiger partial charge < -0.3 is 26.0 Å². The molecule has 1 aliphatic rings. The second-order valence-corrected chi connectivity index (χ2v) is 7.23. The van der Waals surface area contributed by atoms with Gasteiger partial charge in [0.1, 0.15) is 11.5 Å². The molecule has 0 bridgehead atoms. The molecule has 1 unspecified atom stereocenters. The van der Waals surface area contributed by atoms with Crippen molar-refractivity contribution in [2.24, 2.45) is 5.92 Å². The fourth-order valence-electron chi connectivity index (χ4n) is 3.47. The highest BCUT2D eigenvalue weighted by atomic mass is 16.5. The Morgan fingerprint density at radius 3 is 2.52 bits per heavy atom. The quantitative estimate of drug-likeness (QED) is 0.554. The summed E-state index contributed by atoms with van der Waals surface area (Å²) in [5.41, 5.74) is 11.2. The Balaban J connectivity index is 1.93. The van der Waals surface area contributed by atoms with E-state index in [1.807, 2.05) is 19.9 Å². The zero-order chi connectivity index (χ0) is 21.0. The van der Waals surface area contributed by atoms with Gasteiger partial charge in [0, 0.05) is 23.2 Å². The summed E-state index contributed by atoms with van der Waals surface area (Å²) >= 11 is 0. The number of rotatable bonds is 6. The standard InChI is InChI=1S/C23H25N3O3/c1-14-7-17(12-27)8-15(2)23(14)29-22-10-21(20(25)9-18(22)13-28)26-19-5-3-16(11-24)4-6-19/h3-7,9-10,15,26-28H,8,12-13,25H2,1-2H3. The Hall–Kier alpha value is -3.27. The lowest BCUT2D eigenvalue weighted by Crippen LogP contribution is -2.15. The van der Waals surface area contributed by atoms with Crippen LogP contribution in [0.1, 0.15) is 31.4 Å². The minimum atomic E-state index is -0.199. The Bertz CT molecular complexity index is 1000. The molecule has 6 nitrogen and oxygen atoms in total. The first-order chi connectivity index (χ1) is 13.9. The Kier molecular flexibility index (Phi) is 6.23. The van der Waals surface area contributed by atoms with Gasteiger partial charge in [-0.05, 0) is 54.8 Å². The fraction of sp³-hybridized carbons (Fsp3) is 0.261. The van der Waals surface area contributed by atoms with E-state index < -0.39 is 0 Å². The Morgan fingerprint density at radius 1 is 1.21 bits per heavy atom. The molecule has 3 rings (SSSR count). The Morgan fingerprint density at radius 2 is 1.93 bits per heavy atom. The van der Waals surface area contributed by atoms with Gasteiger partial charge in [0.15, 0.2) is 0 Å². The lowest BCUT2D eigenvalue weighted by Gasteiger charge is -2.25. The molecule has 6 heteroatoms. The third-order valence-electron chi connectivity index (χ3n) is 4.94. The molecule has 5 N–H and O–H groups in total. The number of nitrogen functional groups attached to an aromatic ring is 1. The van der Waals surface area contributed by atoms with Gasteiger partial charge in [0.2, 0.25) is 0 Å². The zero-order valence-corrected chi connectivity index (χ0v) is 16.6. The minimum absolute atomic E-state index is 0.0391. The number of anilines is 3. The summed E-state index contributed by atoms with van der Waals surface area (Å²) in [6.07, 6.45) is 2.67. The third kappa shape index (κ3) is 4.60. The predicted molar refractivity (Wildman–Crippen MR) is 113 cm³/mol. The second-order valence-electron chi connectivity index (χ2n) is 7.23. The summed E-state index contributed by atoms with van der Waals surface area (Å²) in [7, 11) is 0. The van der Waals surface area contributed by atoms with Crippen LogP contribution in [-0.4, -0.2) is 16.8 Å². The number of ether oxygens (including phenoxy) is 1. The molecule has 150 valence electrons. The van der Waals surface area contributed by atoms with Crippen LogP contribution < -0.4 is 15.8 Å². The molecule has 1 aliphatic carbocycles. The zero-order valence-electron chi connectivity index (χ0n) is 16.6. The van der Waals surface area contributed by atoms with Crippen molar-refractivity contribution < 1.29 is 14.9 Å². The van der Waals surface area contributed by atoms with Gasteiger partial charge in [0.25, 0.3) is 0 Å². The SMILES string of the molecule is CC1=C(Oc2cc(Nc3ccc(C#N)cc3)c(N)cc2CO)C(C)CC(CO)=C1. The molecule has 0 spiro atoms. The predicted octanol–water partition coefficient (Wildman–Crippen LogP) is 3.99. The molecule has 0 fully saturated rings. The van der Waals surface area contributed by atoms with Gasteiger partial charge in [-0.15, -0.1) is 0 Å². The third-order valence-corrected chi connectivity index (χ3v) is 4.94. The molecule has 0 saturated heterocycles. The van der Waals surface area contributed by atoms with E-state index in [-0.39, 0.29) is 19.1 Å². The molecular formula is C23H25N3O3. The van der Waals surface area contributed by atoms with Crippen molar-refractivity contribution in [2.45, 2.75) is 26.9 Å². The maximum atomic E-state index is 9.77. The molecule has 2 aromatic carbocycles. The van der Waals surface area contributed by atoms with Crippen molar-refractivity contribution in [3.8, 4) is 11.8 Å². The van der Waals surface area contributed by atoms with Crippen molar-refractivity contribution in [3.05, 3.63) is 70.5 Å². The highest BCUT2D eigenvalue weighted by molar-refractivity contribution is 5.75. The number of allylic oxidation sites excluding steroid dienone is 3. The van der Waals surface area contributed by atoms with Gasteiger partial charge in [-0.2, -0.15) is 5.26 Å². The summed E-state index contributed by atoms with van der Waals surface area (Å²) in [5.74, 6) is 1.45. The van der Waals surface area contributed by atoms with E-state index in [1.54, 1.807) is 36.4 Å². The van der Waals surface area contributed by atoms with E-state index in [0.29, 0.717) is 28.3 Å². The van der Waals surface area contributed by atoms with Gasteiger partial charge in [-0.3, -0.25) is 0 Å². The molecule has 0 amide bonds. The molecule has 0 saturated carbocycles. The summed E-state index contributed by atoms with van der Waals surface area (Å²) in [6, 6.07) is 12.6. The average molecular weight is 391 g/mol. The number of hydrogen-bond donors (Lipinski definition) is 4. The average Bonchev–Trinajstić information content (AvgIpc) is 2.72. The van der Waals surface area contributed by atoms with Crippen LogP contribution in [0.25, 0.3) is 0 Å². The summed E-state index contributed by atoms with van der Waals surface area (Å²) < 4.78 is 6.22. The summed E-state index contributed by atoms with van der Waals surface area (Å²) in [5, 5.41) is 31.4. The molecular weight excluding hydrogens is 366 g/mol. The molecule has 1 atom stereocenters. The van der Waals surface area contributed by atoms with Crippen molar-refractivity contribution in [3.63, 3.8) is 0 Å². The fourth-order valence-corrected chi connectivity index (χ4v) is 3.47. The first kappa shape index (κ1) is 20.5. The van der Waals surface area contributed by atoms with E-state index >= 15 is 0 Å². The maximum Gasteiger partial charge on any atom is 0.134 e. The van der Waals surface area contributed by atoms with Crippen LogP contribution in [0.2, 0.25) is 0 Å². The lowest BCUT2D eigenvalue weighted by molar-refractivity contribution is 0.268. The molecule has 2 aromatic rings. The summed E-state index contributed by atoms with van der Waals surface area (Å²) in [4.78, 5) is 0. The maximum absolute atomic E-state index is 9.77. The molecule has 0 aromatic heterocycles. The molecule has 0 aliphatic heterocycles. The van der Waals surface area contributed by atoms with E-state index in [9.17, 15) is 10.2 Å². The van der Waals surface area contributed by atoms with E-state index in [2.05, 4.69) is 11.4 Å². The largest absolute Gasteiger partial charge is 0.461 e. The highest BCUT2D eigenvalue weighted by Crippen LogP contribution is 2.36. The van der Waals surface area contributed by atoms with Crippen LogP contribution in [0.3, 0.4) is 0 Å². The summed E-state index contributed by atoms with van der Waals surface area (Å²) in [6.45, 7) is 3.84. The number of nitrogens with two attached hydrogens (primary N) is 1. The van der Waals surface area contributed by atoms with Crippen LogP contribution >= 0.6 is 0 Å². The monoisotopic (exact) mass is 391 g/mol. The lowest BCUT2D eigenvalue weighted by atomic mass is 9.90. The van der Waals surface area contributed by atoms with Crippen LogP contribution in [-0.2, 0) is 6.61 Å².